The molecule has 4 aliphatic carbocycles. The third-order valence-corrected chi connectivity index (χ3v) is 12.4. The van der Waals surface area contributed by atoms with E-state index in [0.29, 0.717) is 44.1 Å². The first-order chi connectivity index (χ1) is 25.7. The first-order valence-corrected chi connectivity index (χ1v) is 18.8. The fraction of sp³-hybridized carbons (Fsp3) is 0.641. The molecule has 1 saturated heterocycles. The molecule has 1 aliphatic heterocycles. The van der Waals surface area contributed by atoms with Crippen molar-refractivity contribution in [2.24, 2.45) is 34.3 Å². The van der Waals surface area contributed by atoms with E-state index in [9.17, 15) is 34.4 Å². The van der Waals surface area contributed by atoms with E-state index >= 15 is 0 Å². The topological polar surface area (TPSA) is 213 Å². The van der Waals surface area contributed by atoms with Gasteiger partial charge in [0.1, 0.15) is 11.8 Å². The highest BCUT2D eigenvalue weighted by molar-refractivity contribution is 5.94. The Balaban J connectivity index is 1.07. The number of fused-ring (bicyclic) bond motifs is 7. The minimum Gasteiger partial charge on any atom is -0.465 e. The second-order valence-corrected chi connectivity index (χ2v) is 15.6. The summed E-state index contributed by atoms with van der Waals surface area (Å²) in [7, 11) is 0. The van der Waals surface area contributed by atoms with Gasteiger partial charge in [0.2, 0.25) is 5.78 Å². The average Bonchev–Trinajstić information content (AvgIpc) is 3.61. The van der Waals surface area contributed by atoms with Gasteiger partial charge in [0, 0.05) is 23.2 Å². The fourth-order valence-corrected chi connectivity index (χ4v) is 9.93. The van der Waals surface area contributed by atoms with Gasteiger partial charge in [-0.2, -0.15) is 0 Å². The third-order valence-electron chi connectivity index (χ3n) is 12.4. The van der Waals surface area contributed by atoms with Crippen LogP contribution in [-0.4, -0.2) is 83.8 Å². The highest BCUT2D eigenvalue weighted by Gasteiger charge is 2.75. The number of rotatable bonds is 15. The van der Waals surface area contributed by atoms with E-state index in [0.717, 1.165) is 12.0 Å². The molecule has 0 radical (unpaired) electrons. The molecule has 0 amide bonds. The van der Waals surface area contributed by atoms with Crippen molar-refractivity contribution in [2.75, 3.05) is 19.8 Å². The number of esters is 1. The molecular weight excluding hydrogens is 704 g/mol. The van der Waals surface area contributed by atoms with Gasteiger partial charge in [0.05, 0.1) is 25.4 Å². The van der Waals surface area contributed by atoms with E-state index in [-0.39, 0.29) is 55.3 Å². The van der Waals surface area contributed by atoms with Gasteiger partial charge in [0.25, 0.3) is 5.09 Å². The Morgan fingerprint density at radius 1 is 1.13 bits per heavy atom. The molecular formula is C39H50N2O13. The number of ketones is 2. The number of allylic oxidation sites excluding steroid dienone is 4. The highest BCUT2D eigenvalue weighted by atomic mass is 16.9. The van der Waals surface area contributed by atoms with Crippen molar-refractivity contribution in [1.82, 2.24) is 0 Å². The van der Waals surface area contributed by atoms with Gasteiger partial charge in [-0.3, -0.25) is 14.4 Å². The van der Waals surface area contributed by atoms with Crippen LogP contribution in [0.4, 0.5) is 4.79 Å². The molecule has 1 heterocycles. The number of nitrogens with two attached hydrogens (primary N) is 1. The van der Waals surface area contributed by atoms with Crippen molar-refractivity contribution in [3.05, 3.63) is 63.7 Å². The first-order valence-electron chi connectivity index (χ1n) is 18.8. The Morgan fingerprint density at radius 3 is 2.59 bits per heavy atom. The van der Waals surface area contributed by atoms with Crippen molar-refractivity contribution >= 4 is 23.7 Å². The van der Waals surface area contributed by atoms with Gasteiger partial charge in [0.15, 0.2) is 24.3 Å². The summed E-state index contributed by atoms with van der Waals surface area (Å²) in [5.74, 6) is -1.02. The van der Waals surface area contributed by atoms with Crippen molar-refractivity contribution in [3.63, 3.8) is 0 Å². The molecule has 2 unspecified atom stereocenters. The molecule has 6 rings (SSSR count). The molecule has 54 heavy (non-hydrogen) atoms. The Bertz CT molecular complexity index is 1680. The van der Waals surface area contributed by atoms with Gasteiger partial charge in [-0.1, -0.05) is 57.0 Å². The lowest BCUT2D eigenvalue weighted by Crippen LogP contribution is -2.63. The van der Waals surface area contributed by atoms with Crippen LogP contribution in [0.3, 0.4) is 0 Å². The number of carbonyl (C=O) groups is 4. The Labute approximate surface area is 313 Å². The third kappa shape index (κ3) is 7.42. The summed E-state index contributed by atoms with van der Waals surface area (Å²) >= 11 is 0. The maximum absolute atomic E-state index is 14.4. The summed E-state index contributed by atoms with van der Waals surface area (Å²) < 4.78 is 28.9. The molecule has 3 N–H and O–H groups in total. The smallest absolute Gasteiger partial charge is 0.465 e. The van der Waals surface area contributed by atoms with Crippen LogP contribution in [0.2, 0.25) is 0 Å². The highest BCUT2D eigenvalue weighted by Crippen LogP contribution is 2.69. The molecule has 10 atom stereocenters. The maximum Gasteiger partial charge on any atom is 0.514 e. The van der Waals surface area contributed by atoms with E-state index in [1.54, 1.807) is 18.2 Å². The van der Waals surface area contributed by atoms with Crippen molar-refractivity contribution in [2.45, 2.75) is 109 Å². The summed E-state index contributed by atoms with van der Waals surface area (Å²) in [6, 6.07) is 5.32. The standard InChI is InChI=1S/C39H50N2O13/c1-4-7-33-53-32-20-28-27-13-10-24-19-25(42)14-15-37(24,2)34(27)30(43)21-38(28,3)39(32,54-33)31(44)22-50-36(46)52-26-11-8-23(9-12-26)18-29(40)35(45)49-16-5-6-17-51-41(47)48/h8-12,14-15,27-30,32-34,43H,4-7,13,16-22,40H2,1-3H3/t27-,28-,29?,30-,32+,33?,34+,37-,38-,39+/m0/s1. The number of benzene rings is 1. The minimum atomic E-state index is -1.44. The quantitative estimate of drug-likeness (QED) is 0.0637. The zero-order valence-corrected chi connectivity index (χ0v) is 30.9. The lowest BCUT2D eigenvalue weighted by atomic mass is 9.47. The zero-order chi connectivity index (χ0) is 38.8. The van der Waals surface area contributed by atoms with Crippen LogP contribution in [-0.2, 0) is 44.6 Å². The number of hydrogen-bond donors (Lipinski definition) is 2. The first kappa shape index (κ1) is 39.5. The van der Waals surface area contributed by atoms with Gasteiger partial charge in [-0.15, -0.1) is 10.1 Å². The van der Waals surface area contributed by atoms with E-state index in [1.165, 1.54) is 12.1 Å². The summed E-state index contributed by atoms with van der Waals surface area (Å²) in [5.41, 5.74) is 4.96. The number of ether oxygens (including phenoxy) is 5. The summed E-state index contributed by atoms with van der Waals surface area (Å²) in [4.78, 5) is 66.2. The molecule has 5 aliphatic rings. The summed E-state index contributed by atoms with van der Waals surface area (Å²) in [6.45, 7) is 5.44. The fourth-order valence-electron chi connectivity index (χ4n) is 9.93. The van der Waals surface area contributed by atoms with Crippen molar-refractivity contribution in [3.8, 4) is 5.75 Å². The number of Topliss-reactive ketones (excluding diaryl/α,β-unsaturated/α-hetero) is 1. The Hall–Kier alpha value is -4.18. The van der Waals surface area contributed by atoms with E-state index in [4.69, 9.17) is 29.4 Å². The molecule has 0 bridgehead atoms. The van der Waals surface area contributed by atoms with Crippen LogP contribution in [0, 0.1) is 38.7 Å². The molecule has 1 aromatic carbocycles. The van der Waals surface area contributed by atoms with Gasteiger partial charge in [-0.05, 0) is 80.6 Å². The van der Waals surface area contributed by atoms with Crippen molar-refractivity contribution < 1.29 is 57.9 Å². The summed E-state index contributed by atoms with van der Waals surface area (Å²) in [6.07, 6.45) is 6.75. The van der Waals surface area contributed by atoms with E-state index in [2.05, 4.69) is 17.8 Å². The van der Waals surface area contributed by atoms with Gasteiger partial charge in [-0.25, -0.2) is 4.79 Å². The second kappa shape index (κ2) is 15.9. The van der Waals surface area contributed by atoms with E-state index < -0.39 is 70.6 Å². The van der Waals surface area contributed by atoms with Crippen LogP contribution < -0.4 is 10.5 Å². The monoisotopic (exact) mass is 754 g/mol. The Morgan fingerprint density at radius 2 is 1.87 bits per heavy atom. The molecule has 3 fully saturated rings. The van der Waals surface area contributed by atoms with Crippen molar-refractivity contribution in [1.29, 1.82) is 0 Å². The van der Waals surface area contributed by atoms with Crippen LogP contribution >= 0.6 is 0 Å². The molecule has 294 valence electrons. The van der Waals surface area contributed by atoms with Crippen LogP contribution in [0.25, 0.3) is 0 Å². The predicted octanol–water partition coefficient (Wildman–Crippen LogP) is 4.34. The largest absolute Gasteiger partial charge is 0.514 e. The number of hydrogen-bond acceptors (Lipinski definition) is 14. The number of aliphatic hydroxyl groups is 1. The maximum atomic E-state index is 14.4. The number of carbonyl (C=O) groups excluding carboxylic acids is 4. The number of aliphatic hydroxyl groups excluding tert-OH is 1. The predicted molar refractivity (Wildman–Crippen MR) is 189 cm³/mol. The molecule has 0 aromatic heterocycles. The normalized spacial score (nSPS) is 34.0. The molecule has 0 spiro atoms. The van der Waals surface area contributed by atoms with E-state index in [1.807, 2.05) is 19.9 Å². The number of unbranched alkanes of at least 4 members (excludes halogenated alkanes) is 1. The van der Waals surface area contributed by atoms with Crippen LogP contribution in [0.1, 0.15) is 77.7 Å². The van der Waals surface area contributed by atoms with Crippen LogP contribution in [0.5, 0.6) is 5.75 Å². The lowest BCUT2D eigenvalue weighted by molar-refractivity contribution is -0.757. The number of nitrogens with zero attached hydrogens (tertiary/aromatic N) is 1. The van der Waals surface area contributed by atoms with Gasteiger partial charge < -0.3 is 39.4 Å². The van der Waals surface area contributed by atoms with Gasteiger partial charge >= 0.3 is 12.1 Å². The van der Waals surface area contributed by atoms with Crippen LogP contribution in [0.15, 0.2) is 48.1 Å². The lowest BCUT2D eigenvalue weighted by Gasteiger charge is -2.59. The second-order valence-electron chi connectivity index (χ2n) is 15.6. The summed E-state index contributed by atoms with van der Waals surface area (Å²) in [5, 5.41) is 21.2. The molecule has 2 saturated carbocycles. The minimum absolute atomic E-state index is 0.0151. The zero-order valence-electron chi connectivity index (χ0n) is 30.9. The molecule has 15 heteroatoms. The Kier molecular flexibility index (Phi) is 11.6. The molecule has 1 aromatic rings. The molecule has 15 nitrogen and oxygen atoms in total. The average molecular weight is 755 g/mol. The SMILES string of the molecule is CCCC1O[C@@H]2C[C@H]3[C@@H]4CC=C5CC(=O)C=C[C@]5(C)[C@H]4[C@@H](O)C[C@]3(C)[C@]2(C(=O)COC(=O)Oc2ccc(CC(N)C(=O)OCCCCO[N+](=O)[O-])cc2)O1.